The number of aryl methyl sites for hydroxylation is 1. The number of amides is 1. The lowest BCUT2D eigenvalue weighted by Gasteiger charge is -2.22. The summed E-state index contributed by atoms with van der Waals surface area (Å²) in [5, 5.41) is 3.74. The van der Waals surface area contributed by atoms with Crippen molar-refractivity contribution in [3.8, 4) is 0 Å². The van der Waals surface area contributed by atoms with Crippen LogP contribution in [0.5, 0.6) is 0 Å². The molecule has 0 radical (unpaired) electrons. The minimum Gasteiger partial charge on any atom is -0.381 e. The lowest BCUT2D eigenvalue weighted by Crippen LogP contribution is -2.38. The summed E-state index contributed by atoms with van der Waals surface area (Å²) in [6.45, 7) is 3.59. The second-order valence-electron chi connectivity index (χ2n) is 6.59. The number of hydrogen-bond donors (Lipinski definition) is 1. The molecule has 122 valence electrons. The molecule has 1 aromatic heterocycles. The van der Waals surface area contributed by atoms with Gasteiger partial charge in [0.05, 0.1) is 5.69 Å². The van der Waals surface area contributed by atoms with Crippen LogP contribution in [0, 0.1) is 12.8 Å². The van der Waals surface area contributed by atoms with Crippen molar-refractivity contribution in [2.45, 2.75) is 64.3 Å². The van der Waals surface area contributed by atoms with Gasteiger partial charge in [0.2, 0.25) is 0 Å². The maximum absolute atomic E-state index is 12.4. The van der Waals surface area contributed by atoms with Gasteiger partial charge >= 0.3 is 0 Å². The maximum Gasteiger partial charge on any atom is 0.280 e. The monoisotopic (exact) mass is 322 g/mol. The van der Waals surface area contributed by atoms with Gasteiger partial charge in [0.15, 0.2) is 5.01 Å². The molecule has 22 heavy (non-hydrogen) atoms. The topological polar surface area (TPSA) is 51.2 Å². The van der Waals surface area contributed by atoms with E-state index in [4.69, 9.17) is 4.74 Å². The molecule has 0 atom stereocenters. The molecule has 5 heteroatoms. The van der Waals surface area contributed by atoms with Crippen LogP contribution in [0.4, 0.5) is 0 Å². The average molecular weight is 322 g/mol. The number of thiazole rings is 1. The SMILES string of the molecule is Cc1sc(C(=O)NC2CCOCC2)nc1CC1CCCCC1. The molecule has 1 saturated heterocycles. The summed E-state index contributed by atoms with van der Waals surface area (Å²) >= 11 is 1.55. The van der Waals surface area contributed by atoms with Crippen LogP contribution in [0.2, 0.25) is 0 Å². The van der Waals surface area contributed by atoms with Gasteiger partial charge in [0, 0.05) is 24.1 Å². The standard InChI is InChI=1S/C17H26N2O2S/c1-12-15(11-13-5-3-2-4-6-13)19-17(22-12)16(20)18-14-7-9-21-10-8-14/h13-14H,2-11H2,1H3,(H,18,20). The molecule has 4 nitrogen and oxygen atoms in total. The Hall–Kier alpha value is -0.940. The number of rotatable bonds is 4. The number of nitrogens with one attached hydrogen (secondary N) is 1. The highest BCUT2D eigenvalue weighted by atomic mass is 32.1. The molecule has 0 aromatic carbocycles. The molecule has 1 aliphatic heterocycles. The highest BCUT2D eigenvalue weighted by molar-refractivity contribution is 7.13. The Kier molecular flexibility index (Phi) is 5.47. The second-order valence-corrected chi connectivity index (χ2v) is 7.79. The normalized spacial score (nSPS) is 21.0. The van der Waals surface area contributed by atoms with E-state index in [1.807, 2.05) is 0 Å². The number of aromatic nitrogens is 1. The van der Waals surface area contributed by atoms with E-state index >= 15 is 0 Å². The predicted octanol–water partition coefficient (Wildman–Crippen LogP) is 3.48. The van der Waals surface area contributed by atoms with E-state index in [0.717, 1.165) is 44.1 Å². The van der Waals surface area contributed by atoms with Crippen LogP contribution in [0.1, 0.15) is 65.3 Å². The van der Waals surface area contributed by atoms with Crippen LogP contribution >= 0.6 is 11.3 Å². The van der Waals surface area contributed by atoms with E-state index in [0.29, 0.717) is 5.01 Å². The first-order chi connectivity index (χ1) is 10.7. The van der Waals surface area contributed by atoms with Gasteiger partial charge in [-0.1, -0.05) is 32.1 Å². The van der Waals surface area contributed by atoms with Crippen molar-refractivity contribution in [3.63, 3.8) is 0 Å². The molecule has 0 spiro atoms. The van der Waals surface area contributed by atoms with Crippen LogP contribution in [0.15, 0.2) is 0 Å². The van der Waals surface area contributed by atoms with Gasteiger partial charge in [-0.15, -0.1) is 11.3 Å². The van der Waals surface area contributed by atoms with E-state index in [9.17, 15) is 4.79 Å². The Morgan fingerprint density at radius 1 is 1.23 bits per heavy atom. The Bertz CT molecular complexity index is 503. The summed E-state index contributed by atoms with van der Waals surface area (Å²) in [4.78, 5) is 18.2. The van der Waals surface area contributed by atoms with Crippen molar-refractivity contribution < 1.29 is 9.53 Å². The molecule has 1 N–H and O–H groups in total. The van der Waals surface area contributed by atoms with Gasteiger partial charge in [-0.2, -0.15) is 0 Å². The summed E-state index contributed by atoms with van der Waals surface area (Å²) in [6, 6.07) is 0.243. The molecule has 3 rings (SSSR count). The minimum atomic E-state index is -0.00473. The predicted molar refractivity (Wildman–Crippen MR) is 88.4 cm³/mol. The fraction of sp³-hybridized carbons (Fsp3) is 0.765. The lowest BCUT2D eigenvalue weighted by atomic mass is 9.86. The van der Waals surface area contributed by atoms with E-state index in [1.165, 1.54) is 37.0 Å². The van der Waals surface area contributed by atoms with Crippen molar-refractivity contribution in [1.82, 2.24) is 10.3 Å². The summed E-state index contributed by atoms with van der Waals surface area (Å²) < 4.78 is 5.33. The first-order valence-corrected chi connectivity index (χ1v) is 9.39. The largest absolute Gasteiger partial charge is 0.381 e. The fourth-order valence-electron chi connectivity index (χ4n) is 3.47. The number of nitrogens with zero attached hydrogens (tertiary/aromatic N) is 1. The van der Waals surface area contributed by atoms with Crippen LogP contribution in [0.3, 0.4) is 0 Å². The molecule has 2 heterocycles. The van der Waals surface area contributed by atoms with Gasteiger partial charge < -0.3 is 10.1 Å². The number of carbonyl (C=O) groups excluding carboxylic acids is 1. The number of ether oxygens (including phenoxy) is 1. The quantitative estimate of drug-likeness (QED) is 0.923. The molecule has 2 aliphatic rings. The summed E-state index contributed by atoms with van der Waals surface area (Å²) in [5.41, 5.74) is 1.15. The van der Waals surface area contributed by atoms with Crippen LogP contribution in [0.25, 0.3) is 0 Å². The van der Waals surface area contributed by atoms with E-state index in [-0.39, 0.29) is 11.9 Å². The van der Waals surface area contributed by atoms with Crippen LogP contribution in [-0.4, -0.2) is 30.1 Å². The molecule has 1 aromatic rings. The van der Waals surface area contributed by atoms with Gasteiger partial charge in [0.25, 0.3) is 5.91 Å². The first kappa shape index (κ1) is 15.9. The van der Waals surface area contributed by atoms with Crippen molar-refractivity contribution in [1.29, 1.82) is 0 Å². The fourth-order valence-corrected chi connectivity index (χ4v) is 4.31. The molecule has 1 aliphatic carbocycles. The number of hydrogen-bond acceptors (Lipinski definition) is 4. The zero-order valence-electron chi connectivity index (χ0n) is 13.4. The van der Waals surface area contributed by atoms with Crippen molar-refractivity contribution >= 4 is 17.2 Å². The van der Waals surface area contributed by atoms with Crippen LogP contribution in [-0.2, 0) is 11.2 Å². The molecule has 1 saturated carbocycles. The molecule has 2 fully saturated rings. The van der Waals surface area contributed by atoms with E-state index in [1.54, 1.807) is 11.3 Å². The Balaban J connectivity index is 1.59. The van der Waals surface area contributed by atoms with Crippen molar-refractivity contribution in [2.75, 3.05) is 13.2 Å². The van der Waals surface area contributed by atoms with Crippen LogP contribution < -0.4 is 5.32 Å². The average Bonchev–Trinajstić information content (AvgIpc) is 2.90. The number of carbonyl (C=O) groups is 1. The van der Waals surface area contributed by atoms with Crippen molar-refractivity contribution in [3.05, 3.63) is 15.6 Å². The first-order valence-electron chi connectivity index (χ1n) is 8.57. The Labute approximate surface area is 136 Å². The summed E-state index contributed by atoms with van der Waals surface area (Å²) in [6.07, 6.45) is 9.59. The van der Waals surface area contributed by atoms with Gasteiger partial charge in [-0.3, -0.25) is 4.79 Å². The lowest BCUT2D eigenvalue weighted by molar-refractivity contribution is 0.0696. The third-order valence-corrected chi connectivity index (χ3v) is 5.86. The van der Waals surface area contributed by atoms with Gasteiger partial charge in [0.1, 0.15) is 0 Å². The minimum absolute atomic E-state index is 0.00473. The summed E-state index contributed by atoms with van der Waals surface area (Å²) in [7, 11) is 0. The van der Waals surface area contributed by atoms with Gasteiger partial charge in [-0.25, -0.2) is 4.98 Å². The zero-order chi connectivity index (χ0) is 15.4. The van der Waals surface area contributed by atoms with E-state index in [2.05, 4.69) is 17.2 Å². The Morgan fingerprint density at radius 2 is 1.95 bits per heavy atom. The summed E-state index contributed by atoms with van der Waals surface area (Å²) in [5.74, 6) is 0.760. The van der Waals surface area contributed by atoms with Crippen molar-refractivity contribution in [2.24, 2.45) is 5.92 Å². The molecule has 0 bridgehead atoms. The molecule has 1 amide bonds. The Morgan fingerprint density at radius 3 is 2.68 bits per heavy atom. The third kappa shape index (κ3) is 4.07. The molecule has 0 unspecified atom stereocenters. The second kappa shape index (κ2) is 7.55. The zero-order valence-corrected chi connectivity index (χ0v) is 14.2. The van der Waals surface area contributed by atoms with E-state index < -0.39 is 0 Å². The maximum atomic E-state index is 12.4. The molecular formula is C17H26N2O2S. The molecular weight excluding hydrogens is 296 g/mol. The highest BCUT2D eigenvalue weighted by Gasteiger charge is 2.22. The third-order valence-electron chi connectivity index (χ3n) is 4.85. The smallest absolute Gasteiger partial charge is 0.280 e. The highest BCUT2D eigenvalue weighted by Crippen LogP contribution is 2.29. The van der Waals surface area contributed by atoms with Gasteiger partial charge in [-0.05, 0) is 32.1 Å².